The maximum Gasteiger partial charge on any atom is 0.292 e. The monoisotopic (exact) mass is 341 g/mol. The lowest BCUT2D eigenvalue weighted by molar-refractivity contribution is 0.0613. The number of hydrogen-bond donors (Lipinski definition) is 1. The second-order valence-corrected chi connectivity index (χ2v) is 5.57. The number of hydrogen-bond acceptors (Lipinski definition) is 4. The summed E-state index contributed by atoms with van der Waals surface area (Å²) in [6, 6.07) is 9.12. The first-order chi connectivity index (χ1) is 10.1. The van der Waals surface area contributed by atoms with Crippen molar-refractivity contribution in [3.8, 4) is 11.3 Å². The number of piperazine rings is 1. The van der Waals surface area contributed by atoms with Gasteiger partial charge in [-0.05, 0) is 19.1 Å². The summed E-state index contributed by atoms with van der Waals surface area (Å²) >= 11 is 5.96. The van der Waals surface area contributed by atoms with Gasteiger partial charge in [0.25, 0.3) is 5.91 Å². The summed E-state index contributed by atoms with van der Waals surface area (Å²) < 4.78 is 5.22. The van der Waals surface area contributed by atoms with Crippen LogP contribution in [0.1, 0.15) is 17.5 Å². The zero-order valence-corrected chi connectivity index (χ0v) is 13.7. The number of rotatable bonds is 2. The Kier molecular flexibility index (Phi) is 5.45. The molecule has 1 aromatic carbocycles. The van der Waals surface area contributed by atoms with Crippen LogP contribution in [-0.2, 0) is 0 Å². The number of carbonyl (C=O) groups excluding carboxylic acids is 1. The molecule has 3 rings (SSSR count). The molecule has 0 aliphatic carbocycles. The Bertz CT molecular complexity index is 660. The Morgan fingerprint density at radius 1 is 1.45 bits per heavy atom. The standard InChI is InChI=1S/C15H16ClN3O2.ClH/c1-10-9-17-5-6-19(10)15(20)14-8-13(18-21-14)11-3-2-4-12(16)7-11;/h2-4,7-8,10,17H,5-6,9H2,1H3;1H/t10-;/m1./s1. The minimum atomic E-state index is -0.121. The number of nitrogens with zero attached hydrogens (tertiary/aromatic N) is 2. The van der Waals surface area contributed by atoms with Crippen LogP contribution in [0.3, 0.4) is 0 Å². The van der Waals surface area contributed by atoms with Crippen LogP contribution in [0.4, 0.5) is 0 Å². The highest BCUT2D eigenvalue weighted by Crippen LogP contribution is 2.23. The molecule has 1 aliphatic rings. The quantitative estimate of drug-likeness (QED) is 0.912. The molecule has 0 unspecified atom stereocenters. The van der Waals surface area contributed by atoms with Gasteiger partial charge >= 0.3 is 0 Å². The van der Waals surface area contributed by atoms with E-state index in [1.54, 1.807) is 23.1 Å². The second kappa shape index (κ2) is 7.13. The fraction of sp³-hybridized carbons (Fsp3) is 0.333. The van der Waals surface area contributed by atoms with E-state index in [-0.39, 0.29) is 30.1 Å². The lowest BCUT2D eigenvalue weighted by atomic mass is 10.1. The Labute approximate surface area is 140 Å². The molecule has 1 fully saturated rings. The molecule has 1 amide bonds. The SMILES string of the molecule is C[C@@H]1CNCCN1C(=O)c1cc(-c2cccc(Cl)c2)no1.Cl. The van der Waals surface area contributed by atoms with Crippen molar-refractivity contribution in [2.75, 3.05) is 19.6 Å². The second-order valence-electron chi connectivity index (χ2n) is 5.14. The van der Waals surface area contributed by atoms with Gasteiger partial charge in [-0.15, -0.1) is 12.4 Å². The Balaban J connectivity index is 0.00000176. The Hall–Kier alpha value is -1.56. The predicted octanol–water partition coefficient (Wildman–Crippen LogP) is 2.85. The van der Waals surface area contributed by atoms with Gasteiger partial charge < -0.3 is 14.7 Å². The number of aromatic nitrogens is 1. The molecular formula is C15H17Cl2N3O2. The van der Waals surface area contributed by atoms with Crippen molar-refractivity contribution in [1.29, 1.82) is 0 Å². The van der Waals surface area contributed by atoms with Crippen molar-refractivity contribution < 1.29 is 9.32 Å². The highest BCUT2D eigenvalue weighted by Gasteiger charge is 2.27. The van der Waals surface area contributed by atoms with E-state index >= 15 is 0 Å². The van der Waals surface area contributed by atoms with E-state index in [2.05, 4.69) is 10.5 Å². The third-order valence-corrected chi connectivity index (χ3v) is 3.84. The van der Waals surface area contributed by atoms with E-state index in [9.17, 15) is 4.79 Å². The zero-order valence-electron chi connectivity index (χ0n) is 12.1. The molecule has 7 heteroatoms. The predicted molar refractivity (Wildman–Crippen MR) is 87.6 cm³/mol. The Morgan fingerprint density at radius 2 is 2.27 bits per heavy atom. The molecule has 118 valence electrons. The summed E-state index contributed by atoms with van der Waals surface area (Å²) in [5.74, 6) is 0.142. The van der Waals surface area contributed by atoms with Crippen molar-refractivity contribution >= 4 is 29.9 Å². The van der Waals surface area contributed by atoms with Gasteiger partial charge in [0.15, 0.2) is 0 Å². The summed E-state index contributed by atoms with van der Waals surface area (Å²) in [6.07, 6.45) is 0. The highest BCUT2D eigenvalue weighted by molar-refractivity contribution is 6.30. The molecule has 1 aromatic heterocycles. The van der Waals surface area contributed by atoms with Gasteiger partial charge in [0.1, 0.15) is 5.69 Å². The molecule has 0 bridgehead atoms. The van der Waals surface area contributed by atoms with Crippen LogP contribution < -0.4 is 5.32 Å². The summed E-state index contributed by atoms with van der Waals surface area (Å²) in [5.41, 5.74) is 1.45. The Morgan fingerprint density at radius 3 is 3.00 bits per heavy atom. The van der Waals surface area contributed by atoms with Gasteiger partial charge in [-0.2, -0.15) is 0 Å². The van der Waals surface area contributed by atoms with Crippen LogP contribution in [0.2, 0.25) is 5.02 Å². The van der Waals surface area contributed by atoms with Gasteiger partial charge in [0.05, 0.1) is 0 Å². The highest BCUT2D eigenvalue weighted by atomic mass is 35.5. The van der Waals surface area contributed by atoms with Gasteiger partial charge in [0, 0.05) is 42.3 Å². The molecule has 0 spiro atoms. The first-order valence-electron chi connectivity index (χ1n) is 6.89. The number of benzene rings is 1. The molecule has 1 aliphatic heterocycles. The fourth-order valence-electron chi connectivity index (χ4n) is 2.44. The maximum atomic E-state index is 12.5. The lowest BCUT2D eigenvalue weighted by Gasteiger charge is -2.33. The molecule has 0 saturated carbocycles. The number of amides is 1. The fourth-order valence-corrected chi connectivity index (χ4v) is 2.63. The first kappa shape index (κ1) is 16.8. The van der Waals surface area contributed by atoms with E-state index in [0.717, 1.165) is 18.7 Å². The first-order valence-corrected chi connectivity index (χ1v) is 7.27. The van der Waals surface area contributed by atoms with Gasteiger partial charge in [-0.1, -0.05) is 28.9 Å². The smallest absolute Gasteiger partial charge is 0.292 e. The normalized spacial score (nSPS) is 17.9. The molecule has 1 saturated heterocycles. The van der Waals surface area contributed by atoms with Crippen molar-refractivity contribution in [3.05, 3.63) is 41.1 Å². The molecule has 0 radical (unpaired) electrons. The summed E-state index contributed by atoms with van der Waals surface area (Å²) in [5, 5.41) is 7.85. The van der Waals surface area contributed by atoms with Crippen molar-refractivity contribution in [3.63, 3.8) is 0 Å². The van der Waals surface area contributed by atoms with Gasteiger partial charge in [-0.3, -0.25) is 4.79 Å². The molecule has 2 aromatic rings. The minimum absolute atomic E-state index is 0. The molecular weight excluding hydrogens is 325 g/mol. The van der Waals surface area contributed by atoms with Crippen LogP contribution in [0.25, 0.3) is 11.3 Å². The minimum Gasteiger partial charge on any atom is -0.350 e. The van der Waals surface area contributed by atoms with Crippen molar-refractivity contribution in [2.24, 2.45) is 0 Å². The number of carbonyl (C=O) groups is 1. The van der Waals surface area contributed by atoms with Crippen molar-refractivity contribution in [2.45, 2.75) is 13.0 Å². The summed E-state index contributed by atoms with van der Waals surface area (Å²) in [6.45, 7) is 4.28. The van der Waals surface area contributed by atoms with Crippen LogP contribution in [-0.4, -0.2) is 41.6 Å². The third kappa shape index (κ3) is 3.43. The van der Waals surface area contributed by atoms with E-state index in [1.165, 1.54) is 0 Å². The maximum absolute atomic E-state index is 12.5. The largest absolute Gasteiger partial charge is 0.350 e. The molecule has 2 heterocycles. The third-order valence-electron chi connectivity index (χ3n) is 3.60. The van der Waals surface area contributed by atoms with Crippen molar-refractivity contribution in [1.82, 2.24) is 15.4 Å². The molecule has 5 nitrogen and oxygen atoms in total. The van der Waals surface area contributed by atoms with Gasteiger partial charge in [-0.25, -0.2) is 0 Å². The molecule has 1 atom stereocenters. The van der Waals surface area contributed by atoms with Gasteiger partial charge in [0.2, 0.25) is 5.76 Å². The summed E-state index contributed by atoms with van der Waals surface area (Å²) in [4.78, 5) is 14.3. The zero-order chi connectivity index (χ0) is 14.8. The lowest BCUT2D eigenvalue weighted by Crippen LogP contribution is -2.52. The number of halogens is 2. The van der Waals surface area contributed by atoms with E-state index < -0.39 is 0 Å². The van der Waals surface area contributed by atoms with Crippen LogP contribution in [0.5, 0.6) is 0 Å². The van der Waals surface area contributed by atoms with Crippen LogP contribution >= 0.6 is 24.0 Å². The average molecular weight is 342 g/mol. The van der Waals surface area contributed by atoms with Crippen LogP contribution in [0, 0.1) is 0 Å². The van der Waals surface area contributed by atoms with E-state index in [1.807, 2.05) is 19.1 Å². The summed E-state index contributed by atoms with van der Waals surface area (Å²) in [7, 11) is 0. The van der Waals surface area contributed by atoms with E-state index in [4.69, 9.17) is 16.1 Å². The topological polar surface area (TPSA) is 58.4 Å². The average Bonchev–Trinajstić information content (AvgIpc) is 2.97. The number of nitrogens with one attached hydrogen (secondary N) is 1. The molecule has 22 heavy (non-hydrogen) atoms. The van der Waals surface area contributed by atoms with Crippen LogP contribution in [0.15, 0.2) is 34.9 Å². The molecule has 1 N–H and O–H groups in total. The van der Waals surface area contributed by atoms with E-state index in [0.29, 0.717) is 17.3 Å².